The predicted octanol–water partition coefficient (Wildman–Crippen LogP) is 1.35. The lowest BCUT2D eigenvalue weighted by Crippen LogP contribution is -2.17. The van der Waals surface area contributed by atoms with Gasteiger partial charge in [-0.05, 0) is 24.6 Å². The largest absolute Gasteiger partial charge is 0.320 e. The summed E-state index contributed by atoms with van der Waals surface area (Å²) in [5.74, 6) is -0.393. The van der Waals surface area contributed by atoms with Crippen molar-refractivity contribution in [2.75, 3.05) is 5.32 Å². The average Bonchev–Trinajstić information content (AvgIpc) is 2.83. The van der Waals surface area contributed by atoms with Crippen LogP contribution in [0.1, 0.15) is 16.1 Å². The summed E-state index contributed by atoms with van der Waals surface area (Å²) in [7, 11) is -3.81. The van der Waals surface area contributed by atoms with E-state index in [9.17, 15) is 13.2 Å². The Kier molecular flexibility index (Phi) is 3.65. The Bertz CT molecular complexity index is 709. The number of anilines is 1. The van der Waals surface area contributed by atoms with Crippen molar-refractivity contribution < 1.29 is 13.2 Å². The minimum absolute atomic E-state index is 0.0106. The molecule has 2 aromatic rings. The molecule has 1 amide bonds. The van der Waals surface area contributed by atoms with Crippen LogP contribution in [0, 0.1) is 6.92 Å². The average molecular weight is 297 g/mol. The lowest BCUT2D eigenvalue weighted by atomic mass is 10.2. The van der Waals surface area contributed by atoms with Gasteiger partial charge >= 0.3 is 0 Å². The van der Waals surface area contributed by atoms with E-state index in [-0.39, 0.29) is 10.6 Å². The molecule has 0 spiro atoms. The molecule has 0 bridgehead atoms. The van der Waals surface area contributed by atoms with Gasteiger partial charge in [-0.25, -0.2) is 18.5 Å². The van der Waals surface area contributed by atoms with E-state index in [1.165, 1.54) is 23.5 Å². The Hall–Kier alpha value is -1.77. The van der Waals surface area contributed by atoms with Crippen LogP contribution in [-0.2, 0) is 10.0 Å². The Morgan fingerprint density at radius 3 is 2.74 bits per heavy atom. The van der Waals surface area contributed by atoms with Gasteiger partial charge in [-0.3, -0.25) is 4.79 Å². The van der Waals surface area contributed by atoms with Crippen LogP contribution in [-0.4, -0.2) is 19.3 Å². The molecule has 0 atom stereocenters. The van der Waals surface area contributed by atoms with E-state index in [1.807, 2.05) is 0 Å². The molecular formula is C11H11N3O3S2. The molecule has 1 heterocycles. The zero-order valence-electron chi connectivity index (χ0n) is 9.95. The second kappa shape index (κ2) is 5.08. The molecule has 0 saturated carbocycles. The summed E-state index contributed by atoms with van der Waals surface area (Å²) in [5, 5.41) is 9.32. The number of primary sulfonamides is 1. The zero-order chi connectivity index (χ0) is 14.0. The summed E-state index contributed by atoms with van der Waals surface area (Å²) in [6.45, 7) is 1.58. The zero-order valence-corrected chi connectivity index (χ0v) is 11.6. The molecule has 8 heteroatoms. The van der Waals surface area contributed by atoms with Gasteiger partial charge in [-0.1, -0.05) is 6.07 Å². The van der Waals surface area contributed by atoms with E-state index in [2.05, 4.69) is 10.3 Å². The Labute approximate surface area is 114 Å². The molecular weight excluding hydrogens is 286 g/mol. The first-order valence-electron chi connectivity index (χ1n) is 5.21. The van der Waals surface area contributed by atoms with Crippen LogP contribution in [0.3, 0.4) is 0 Å². The molecule has 0 unspecified atom stereocenters. The van der Waals surface area contributed by atoms with Crippen LogP contribution in [0.5, 0.6) is 0 Å². The van der Waals surface area contributed by atoms with Crippen molar-refractivity contribution in [2.24, 2.45) is 5.14 Å². The molecule has 19 heavy (non-hydrogen) atoms. The predicted molar refractivity (Wildman–Crippen MR) is 72.6 cm³/mol. The van der Waals surface area contributed by atoms with Gasteiger partial charge in [0, 0.05) is 11.1 Å². The van der Waals surface area contributed by atoms with Gasteiger partial charge in [-0.15, -0.1) is 11.3 Å². The number of rotatable bonds is 3. The quantitative estimate of drug-likeness (QED) is 0.892. The third-order valence-corrected chi connectivity index (χ3v) is 4.15. The molecule has 6 nitrogen and oxygen atoms in total. The number of carbonyl (C=O) groups is 1. The van der Waals surface area contributed by atoms with Crippen LogP contribution in [0.2, 0.25) is 0 Å². The van der Waals surface area contributed by atoms with Gasteiger partial charge in [0.2, 0.25) is 10.0 Å². The molecule has 0 aliphatic carbocycles. The number of aromatic nitrogens is 1. The van der Waals surface area contributed by atoms with Crippen molar-refractivity contribution >= 4 is 33.0 Å². The van der Waals surface area contributed by atoms with Crippen molar-refractivity contribution in [3.8, 4) is 0 Å². The number of nitrogens with two attached hydrogens (primary N) is 1. The molecule has 2 rings (SSSR count). The molecule has 0 radical (unpaired) electrons. The van der Waals surface area contributed by atoms with Crippen molar-refractivity contribution in [3.63, 3.8) is 0 Å². The lowest BCUT2D eigenvalue weighted by molar-refractivity contribution is 0.102. The minimum atomic E-state index is -3.81. The molecule has 0 fully saturated rings. The van der Waals surface area contributed by atoms with Gasteiger partial charge in [0.05, 0.1) is 10.4 Å². The van der Waals surface area contributed by atoms with Crippen LogP contribution < -0.4 is 10.5 Å². The summed E-state index contributed by atoms with van der Waals surface area (Å²) in [4.78, 5) is 15.7. The van der Waals surface area contributed by atoms with Crippen LogP contribution >= 0.6 is 11.3 Å². The summed E-state index contributed by atoms with van der Waals surface area (Å²) in [6.07, 6.45) is 0. The maximum atomic E-state index is 11.8. The van der Waals surface area contributed by atoms with Crippen molar-refractivity contribution in [1.82, 2.24) is 4.98 Å². The number of nitrogens with zero attached hydrogens (tertiary/aromatic N) is 1. The second-order valence-electron chi connectivity index (χ2n) is 3.80. The molecule has 3 N–H and O–H groups in total. The number of hydrogen-bond donors (Lipinski definition) is 2. The normalized spacial score (nSPS) is 11.3. The molecule has 100 valence electrons. The first kappa shape index (κ1) is 13.7. The summed E-state index contributed by atoms with van der Waals surface area (Å²) in [6, 6.07) is 4.51. The number of sulfonamides is 1. The topological polar surface area (TPSA) is 102 Å². The fraction of sp³-hybridized carbons (Fsp3) is 0.0909. The number of thiazole rings is 1. The van der Waals surface area contributed by atoms with Gasteiger partial charge in [0.15, 0.2) is 0 Å². The van der Waals surface area contributed by atoms with Gasteiger partial charge in [0.1, 0.15) is 5.69 Å². The highest BCUT2D eigenvalue weighted by molar-refractivity contribution is 7.89. The molecule has 0 aliphatic heterocycles. The maximum absolute atomic E-state index is 11.8. The first-order valence-corrected chi connectivity index (χ1v) is 7.70. The Morgan fingerprint density at radius 2 is 2.16 bits per heavy atom. The molecule has 1 aromatic heterocycles. The highest BCUT2D eigenvalue weighted by Gasteiger charge is 2.16. The summed E-state index contributed by atoms with van der Waals surface area (Å²) in [5.41, 5.74) is 2.62. The second-order valence-corrected chi connectivity index (χ2v) is 6.05. The first-order chi connectivity index (χ1) is 8.89. The van der Waals surface area contributed by atoms with Crippen molar-refractivity contribution in [2.45, 2.75) is 11.8 Å². The lowest BCUT2D eigenvalue weighted by Gasteiger charge is -2.10. The van der Waals surface area contributed by atoms with E-state index in [4.69, 9.17) is 5.14 Å². The third kappa shape index (κ3) is 2.98. The smallest absolute Gasteiger partial charge is 0.275 e. The number of benzene rings is 1. The van der Waals surface area contributed by atoms with Crippen molar-refractivity contribution in [1.29, 1.82) is 0 Å². The standard InChI is InChI=1S/C11H11N3O3S2/c1-7-8(3-2-4-10(7)19(12,16)17)14-11(15)9-5-18-6-13-9/h2-6H,1H3,(H,14,15)(H2,12,16,17). The highest BCUT2D eigenvalue weighted by Crippen LogP contribution is 2.22. The minimum Gasteiger partial charge on any atom is -0.320 e. The van der Waals surface area contributed by atoms with Crippen LogP contribution in [0.15, 0.2) is 34.0 Å². The summed E-state index contributed by atoms with van der Waals surface area (Å²) < 4.78 is 22.7. The SMILES string of the molecule is Cc1c(NC(=O)c2cscn2)cccc1S(N)(=O)=O. The Balaban J connectivity index is 2.35. The van der Waals surface area contributed by atoms with Crippen molar-refractivity contribution in [3.05, 3.63) is 40.3 Å². The number of nitrogens with one attached hydrogen (secondary N) is 1. The fourth-order valence-electron chi connectivity index (χ4n) is 1.57. The number of amides is 1. The van der Waals surface area contributed by atoms with E-state index in [0.29, 0.717) is 11.3 Å². The van der Waals surface area contributed by atoms with E-state index in [1.54, 1.807) is 23.9 Å². The maximum Gasteiger partial charge on any atom is 0.275 e. The third-order valence-electron chi connectivity index (χ3n) is 2.50. The van der Waals surface area contributed by atoms with Gasteiger partial charge in [-0.2, -0.15) is 0 Å². The van der Waals surface area contributed by atoms with Gasteiger partial charge < -0.3 is 5.32 Å². The van der Waals surface area contributed by atoms with Crippen LogP contribution in [0.4, 0.5) is 5.69 Å². The highest BCUT2D eigenvalue weighted by atomic mass is 32.2. The van der Waals surface area contributed by atoms with Gasteiger partial charge in [0.25, 0.3) is 5.91 Å². The van der Waals surface area contributed by atoms with Crippen LogP contribution in [0.25, 0.3) is 0 Å². The molecule has 1 aromatic carbocycles. The molecule has 0 saturated heterocycles. The van der Waals surface area contributed by atoms with E-state index in [0.717, 1.165) is 0 Å². The fourth-order valence-corrected chi connectivity index (χ4v) is 2.91. The van der Waals surface area contributed by atoms with E-state index >= 15 is 0 Å². The Morgan fingerprint density at radius 1 is 1.42 bits per heavy atom. The number of carbonyl (C=O) groups excluding carboxylic acids is 1. The summed E-state index contributed by atoms with van der Waals surface area (Å²) >= 11 is 1.30. The molecule has 0 aliphatic rings. The monoisotopic (exact) mass is 297 g/mol. The number of hydrogen-bond acceptors (Lipinski definition) is 5. The van der Waals surface area contributed by atoms with E-state index < -0.39 is 15.9 Å².